The number of hydrogen-bond acceptors (Lipinski definition) is 6. The third-order valence-electron chi connectivity index (χ3n) is 4.03. The summed E-state index contributed by atoms with van der Waals surface area (Å²) >= 11 is 0. The molecule has 0 atom stereocenters. The monoisotopic (exact) mass is 390 g/mol. The van der Waals surface area contributed by atoms with Gasteiger partial charge in [-0.25, -0.2) is 14.8 Å². The smallest absolute Gasteiger partial charge is 0.340 e. The number of esters is 1. The first-order valence-corrected chi connectivity index (χ1v) is 9.23. The van der Waals surface area contributed by atoms with Gasteiger partial charge in [0, 0.05) is 11.4 Å². The predicted molar refractivity (Wildman–Crippen MR) is 112 cm³/mol. The van der Waals surface area contributed by atoms with Crippen LogP contribution in [0.15, 0.2) is 54.6 Å². The van der Waals surface area contributed by atoms with Gasteiger partial charge < -0.3 is 15.4 Å². The van der Waals surface area contributed by atoms with Gasteiger partial charge in [0.15, 0.2) is 0 Å². The van der Waals surface area contributed by atoms with E-state index in [1.165, 1.54) is 0 Å². The van der Waals surface area contributed by atoms with E-state index >= 15 is 0 Å². The maximum Gasteiger partial charge on any atom is 0.340 e. The molecule has 7 heteroatoms. The Labute approximate surface area is 169 Å². The lowest BCUT2D eigenvalue weighted by molar-refractivity contribution is 0.0527. The van der Waals surface area contributed by atoms with Crippen LogP contribution in [0.1, 0.15) is 39.0 Å². The number of aryl methyl sites for hydroxylation is 2. The maximum absolute atomic E-state index is 12.8. The Kier molecular flexibility index (Phi) is 6.19. The van der Waals surface area contributed by atoms with E-state index < -0.39 is 11.9 Å². The zero-order valence-electron chi connectivity index (χ0n) is 16.5. The molecule has 2 aromatic carbocycles. The summed E-state index contributed by atoms with van der Waals surface area (Å²) in [5.74, 6) is -0.622. The van der Waals surface area contributed by atoms with E-state index in [0.29, 0.717) is 17.3 Å². The van der Waals surface area contributed by atoms with Crippen molar-refractivity contribution < 1.29 is 14.3 Å². The number of nitrogens with one attached hydrogen (secondary N) is 2. The molecule has 29 heavy (non-hydrogen) atoms. The van der Waals surface area contributed by atoms with Gasteiger partial charge in [-0.2, -0.15) is 0 Å². The molecule has 0 aliphatic rings. The Balaban J connectivity index is 1.83. The van der Waals surface area contributed by atoms with Gasteiger partial charge in [0.25, 0.3) is 5.91 Å². The van der Waals surface area contributed by atoms with Crippen LogP contribution >= 0.6 is 0 Å². The van der Waals surface area contributed by atoms with Gasteiger partial charge in [-0.15, -0.1) is 0 Å². The molecule has 0 fully saturated rings. The fourth-order valence-corrected chi connectivity index (χ4v) is 2.76. The largest absolute Gasteiger partial charge is 0.462 e. The molecule has 0 saturated heterocycles. The number of rotatable bonds is 6. The number of ether oxygens (including phenoxy) is 1. The summed E-state index contributed by atoms with van der Waals surface area (Å²) in [6, 6.07) is 16.0. The van der Waals surface area contributed by atoms with Crippen LogP contribution in [0.25, 0.3) is 0 Å². The SMILES string of the molecule is CCOC(=O)c1ccccc1NC(=O)c1cc(C)nc(Nc2cccc(C)c2)n1. The molecule has 3 rings (SSSR count). The van der Waals surface area contributed by atoms with Gasteiger partial charge in [-0.05, 0) is 56.7 Å². The number of anilines is 3. The standard InChI is InChI=1S/C22H22N4O3/c1-4-29-21(28)17-10-5-6-11-18(17)25-20(27)19-13-15(3)23-22(26-19)24-16-9-7-8-14(2)12-16/h5-13H,4H2,1-3H3,(H,25,27)(H,23,24,26). The molecule has 0 bridgehead atoms. The normalized spacial score (nSPS) is 10.3. The molecular weight excluding hydrogens is 368 g/mol. The van der Waals surface area contributed by atoms with Crippen LogP contribution in [0.3, 0.4) is 0 Å². The topological polar surface area (TPSA) is 93.2 Å². The Morgan fingerprint density at radius 1 is 1.00 bits per heavy atom. The average Bonchev–Trinajstić information content (AvgIpc) is 2.68. The Hall–Kier alpha value is -3.74. The van der Waals surface area contributed by atoms with Gasteiger partial charge in [0.05, 0.1) is 17.9 Å². The van der Waals surface area contributed by atoms with Gasteiger partial charge in [0.2, 0.25) is 5.95 Å². The molecule has 148 valence electrons. The summed E-state index contributed by atoms with van der Waals surface area (Å²) in [5, 5.41) is 5.85. The summed E-state index contributed by atoms with van der Waals surface area (Å²) in [4.78, 5) is 33.5. The third kappa shape index (κ3) is 5.16. The molecule has 3 aromatic rings. The van der Waals surface area contributed by atoms with Crippen molar-refractivity contribution in [3.8, 4) is 0 Å². The summed E-state index contributed by atoms with van der Waals surface area (Å²) in [6.45, 7) is 5.75. The second kappa shape index (κ2) is 8.97. The lowest BCUT2D eigenvalue weighted by Gasteiger charge is -2.11. The van der Waals surface area contributed by atoms with Crippen LogP contribution in [0.4, 0.5) is 17.3 Å². The number of aromatic nitrogens is 2. The second-order valence-corrected chi connectivity index (χ2v) is 6.43. The van der Waals surface area contributed by atoms with Crippen LogP contribution in [0.2, 0.25) is 0 Å². The summed E-state index contributed by atoms with van der Waals surface area (Å²) in [7, 11) is 0. The van der Waals surface area contributed by atoms with Gasteiger partial charge >= 0.3 is 5.97 Å². The highest BCUT2D eigenvalue weighted by Crippen LogP contribution is 2.19. The molecule has 2 N–H and O–H groups in total. The fraction of sp³-hybridized carbons (Fsp3) is 0.182. The third-order valence-corrected chi connectivity index (χ3v) is 4.03. The van der Waals surface area contributed by atoms with Gasteiger partial charge in [0.1, 0.15) is 5.69 Å². The highest BCUT2D eigenvalue weighted by Gasteiger charge is 2.16. The minimum Gasteiger partial charge on any atom is -0.462 e. The van der Waals surface area contributed by atoms with Crippen LogP contribution in [-0.4, -0.2) is 28.5 Å². The molecule has 0 radical (unpaired) electrons. The Bertz CT molecular complexity index is 1050. The van der Waals surface area contributed by atoms with E-state index in [0.717, 1.165) is 11.3 Å². The van der Waals surface area contributed by atoms with E-state index in [2.05, 4.69) is 20.6 Å². The Morgan fingerprint density at radius 2 is 1.79 bits per heavy atom. The predicted octanol–water partition coefficient (Wildman–Crippen LogP) is 4.27. The van der Waals surface area contributed by atoms with E-state index in [4.69, 9.17) is 4.74 Å². The molecule has 1 amide bonds. The van der Waals surface area contributed by atoms with Crippen molar-refractivity contribution in [1.82, 2.24) is 9.97 Å². The number of amides is 1. The highest BCUT2D eigenvalue weighted by atomic mass is 16.5. The number of carbonyl (C=O) groups is 2. The van der Waals surface area contributed by atoms with Crippen LogP contribution in [0.5, 0.6) is 0 Å². The fourth-order valence-electron chi connectivity index (χ4n) is 2.76. The van der Waals surface area contributed by atoms with Crippen LogP contribution < -0.4 is 10.6 Å². The van der Waals surface area contributed by atoms with Crippen LogP contribution in [0, 0.1) is 13.8 Å². The van der Waals surface area contributed by atoms with Crippen molar-refractivity contribution in [2.45, 2.75) is 20.8 Å². The highest BCUT2D eigenvalue weighted by molar-refractivity contribution is 6.07. The van der Waals surface area contributed by atoms with Crippen molar-refractivity contribution >= 4 is 29.2 Å². The van der Waals surface area contributed by atoms with E-state index in [9.17, 15) is 9.59 Å². The van der Waals surface area contributed by atoms with E-state index in [1.54, 1.807) is 44.2 Å². The number of carbonyl (C=O) groups excluding carboxylic acids is 2. The number of nitrogens with zero attached hydrogens (tertiary/aromatic N) is 2. The molecule has 1 heterocycles. The zero-order valence-corrected chi connectivity index (χ0v) is 16.5. The maximum atomic E-state index is 12.8. The average molecular weight is 390 g/mol. The number of benzene rings is 2. The lowest BCUT2D eigenvalue weighted by atomic mass is 10.1. The van der Waals surface area contributed by atoms with E-state index in [-0.39, 0.29) is 17.9 Å². The minimum absolute atomic E-state index is 0.186. The summed E-state index contributed by atoms with van der Waals surface area (Å²) in [5.41, 5.74) is 3.39. The molecule has 1 aromatic heterocycles. The van der Waals surface area contributed by atoms with Crippen LogP contribution in [-0.2, 0) is 4.74 Å². The molecule has 0 aliphatic carbocycles. The van der Waals surface area contributed by atoms with E-state index in [1.807, 2.05) is 31.2 Å². The number of hydrogen-bond donors (Lipinski definition) is 2. The minimum atomic E-state index is -0.496. The van der Waals surface area contributed by atoms with Gasteiger partial charge in [-0.3, -0.25) is 4.79 Å². The molecular formula is C22H22N4O3. The summed E-state index contributed by atoms with van der Waals surface area (Å²) in [6.07, 6.45) is 0. The molecule has 0 unspecified atom stereocenters. The van der Waals surface area contributed by atoms with Crippen molar-refractivity contribution in [2.75, 3.05) is 17.2 Å². The number of para-hydroxylation sites is 1. The van der Waals surface area contributed by atoms with Crippen molar-refractivity contribution in [3.05, 3.63) is 77.1 Å². The first-order chi connectivity index (χ1) is 14.0. The zero-order chi connectivity index (χ0) is 20.8. The lowest BCUT2D eigenvalue weighted by Crippen LogP contribution is -2.18. The summed E-state index contributed by atoms with van der Waals surface area (Å²) < 4.78 is 5.04. The molecule has 0 aliphatic heterocycles. The Morgan fingerprint density at radius 3 is 2.55 bits per heavy atom. The first-order valence-electron chi connectivity index (χ1n) is 9.23. The van der Waals surface area contributed by atoms with Gasteiger partial charge in [-0.1, -0.05) is 24.3 Å². The second-order valence-electron chi connectivity index (χ2n) is 6.43. The molecule has 7 nitrogen and oxygen atoms in total. The van der Waals surface area contributed by atoms with Crippen molar-refractivity contribution in [3.63, 3.8) is 0 Å². The first kappa shape index (κ1) is 20.0. The molecule has 0 saturated carbocycles. The quantitative estimate of drug-likeness (QED) is 0.611. The van der Waals surface area contributed by atoms with Crippen molar-refractivity contribution in [2.24, 2.45) is 0 Å². The van der Waals surface area contributed by atoms with Crippen molar-refractivity contribution in [1.29, 1.82) is 0 Å². The molecule has 0 spiro atoms.